The number of benzene rings is 1. The van der Waals surface area contributed by atoms with Crippen molar-refractivity contribution in [3.05, 3.63) is 54.6 Å². The van der Waals surface area contributed by atoms with Gasteiger partial charge >= 0.3 is 0 Å². The van der Waals surface area contributed by atoms with Crippen molar-refractivity contribution < 1.29 is 4.79 Å². The molecule has 3 aromatic rings. The van der Waals surface area contributed by atoms with Crippen molar-refractivity contribution >= 4 is 16.9 Å². The highest BCUT2D eigenvalue weighted by atomic mass is 16.2. The van der Waals surface area contributed by atoms with Gasteiger partial charge in [0.15, 0.2) is 0 Å². The lowest BCUT2D eigenvalue weighted by atomic mass is 10.0. The maximum Gasteiger partial charge on any atom is 0.243 e. The summed E-state index contributed by atoms with van der Waals surface area (Å²) in [4.78, 5) is 17.6. The third kappa shape index (κ3) is 3.60. The number of imidazole rings is 1. The zero-order valence-electron chi connectivity index (χ0n) is 15.3. The molecule has 0 saturated heterocycles. The van der Waals surface area contributed by atoms with E-state index in [1.54, 1.807) is 0 Å². The summed E-state index contributed by atoms with van der Waals surface area (Å²) in [7, 11) is 1.99. The average Bonchev–Trinajstić information content (AvgIpc) is 3.21. The predicted octanol–water partition coefficient (Wildman–Crippen LogP) is 3.84. The first kappa shape index (κ1) is 17.3. The lowest BCUT2D eigenvalue weighted by molar-refractivity contribution is -0.125. The molecular formula is C20H26N4O. The van der Waals surface area contributed by atoms with Gasteiger partial charge in [-0.25, -0.2) is 4.98 Å². The van der Waals surface area contributed by atoms with Crippen LogP contribution in [0.25, 0.3) is 11.0 Å². The molecule has 2 aromatic heterocycles. The van der Waals surface area contributed by atoms with Crippen LogP contribution >= 0.6 is 0 Å². The minimum atomic E-state index is -0.202. The fourth-order valence-electron chi connectivity index (χ4n) is 3.29. The number of carbonyl (C=O) groups is 1. The van der Waals surface area contributed by atoms with E-state index in [1.807, 2.05) is 71.9 Å². The lowest BCUT2D eigenvalue weighted by Crippen LogP contribution is -2.35. The Kier molecular flexibility index (Phi) is 4.93. The molecule has 0 fully saturated rings. The average molecular weight is 338 g/mol. The Labute approximate surface area is 148 Å². The van der Waals surface area contributed by atoms with E-state index in [0.29, 0.717) is 5.92 Å². The van der Waals surface area contributed by atoms with Crippen molar-refractivity contribution in [2.45, 2.75) is 39.3 Å². The highest BCUT2D eigenvalue weighted by Crippen LogP contribution is 2.22. The van der Waals surface area contributed by atoms with Crippen LogP contribution in [0.1, 0.15) is 45.1 Å². The van der Waals surface area contributed by atoms with Gasteiger partial charge in [-0.2, -0.15) is 0 Å². The van der Waals surface area contributed by atoms with Crippen LogP contribution in [-0.2, 0) is 11.8 Å². The Bertz CT molecular complexity index is 848. The quantitative estimate of drug-likeness (QED) is 0.742. The van der Waals surface area contributed by atoms with Gasteiger partial charge in [-0.05, 0) is 43.5 Å². The maximum absolute atomic E-state index is 12.9. The van der Waals surface area contributed by atoms with Gasteiger partial charge in [-0.3, -0.25) is 4.79 Å². The van der Waals surface area contributed by atoms with E-state index >= 15 is 0 Å². The van der Waals surface area contributed by atoms with E-state index < -0.39 is 0 Å². The van der Waals surface area contributed by atoms with Gasteiger partial charge in [0.2, 0.25) is 5.91 Å². The molecule has 0 bridgehead atoms. The summed E-state index contributed by atoms with van der Waals surface area (Å²) < 4.78 is 4.03. The zero-order valence-corrected chi connectivity index (χ0v) is 15.3. The molecule has 1 amide bonds. The molecule has 0 aliphatic heterocycles. The van der Waals surface area contributed by atoms with Gasteiger partial charge in [0.05, 0.1) is 17.1 Å². The molecule has 132 valence electrons. The van der Waals surface area contributed by atoms with Crippen LogP contribution in [0.3, 0.4) is 0 Å². The summed E-state index contributed by atoms with van der Waals surface area (Å²) >= 11 is 0. The molecule has 2 atom stereocenters. The highest BCUT2D eigenvalue weighted by molar-refractivity contribution is 5.81. The predicted molar refractivity (Wildman–Crippen MR) is 100 cm³/mol. The monoisotopic (exact) mass is 338 g/mol. The third-order valence-electron chi connectivity index (χ3n) is 4.55. The van der Waals surface area contributed by atoms with Gasteiger partial charge in [0.1, 0.15) is 11.9 Å². The van der Waals surface area contributed by atoms with E-state index in [-0.39, 0.29) is 18.0 Å². The molecule has 0 saturated carbocycles. The Morgan fingerprint density at radius 1 is 1.12 bits per heavy atom. The minimum absolute atomic E-state index is 0.0319. The Hall–Kier alpha value is -2.56. The third-order valence-corrected chi connectivity index (χ3v) is 4.55. The van der Waals surface area contributed by atoms with Crippen LogP contribution in [0, 0.1) is 5.92 Å². The van der Waals surface area contributed by atoms with E-state index in [4.69, 9.17) is 0 Å². The number of para-hydroxylation sites is 2. The molecule has 3 rings (SSSR count). The zero-order chi connectivity index (χ0) is 18.0. The van der Waals surface area contributed by atoms with Crippen LogP contribution in [0.2, 0.25) is 0 Å². The smallest absolute Gasteiger partial charge is 0.243 e. The Morgan fingerprint density at radius 3 is 2.44 bits per heavy atom. The number of hydrogen-bond acceptors (Lipinski definition) is 2. The minimum Gasteiger partial charge on any atom is -0.345 e. The van der Waals surface area contributed by atoms with Gasteiger partial charge < -0.3 is 14.5 Å². The van der Waals surface area contributed by atoms with Crippen LogP contribution in [0.15, 0.2) is 48.8 Å². The summed E-state index contributed by atoms with van der Waals surface area (Å²) in [5.41, 5.74) is 2.02. The first-order valence-electron chi connectivity index (χ1n) is 8.81. The molecule has 0 spiro atoms. The largest absolute Gasteiger partial charge is 0.345 e. The van der Waals surface area contributed by atoms with Crippen LogP contribution in [0.5, 0.6) is 0 Å². The van der Waals surface area contributed by atoms with Crippen LogP contribution in [-0.4, -0.2) is 20.0 Å². The number of nitrogens with one attached hydrogen (secondary N) is 1. The molecule has 0 unspecified atom stereocenters. The molecular weight excluding hydrogens is 312 g/mol. The number of aryl methyl sites for hydroxylation is 1. The van der Waals surface area contributed by atoms with E-state index in [2.05, 4.69) is 24.1 Å². The maximum atomic E-state index is 12.9. The van der Waals surface area contributed by atoms with Crippen LogP contribution in [0.4, 0.5) is 0 Å². The first-order chi connectivity index (χ1) is 12.0. The standard InChI is InChI=1S/C20H26N4O/c1-14(2)13-18(24-11-7-8-12-24)20(25)21-15(3)19-22-16-9-5-6-10-17(16)23(19)4/h5-12,14-15,18H,13H2,1-4H3,(H,21,25)/t15-,18+/m0/s1. The van der Waals surface area contributed by atoms with Crippen molar-refractivity contribution in [1.82, 2.24) is 19.4 Å². The summed E-state index contributed by atoms with van der Waals surface area (Å²) in [6, 6.07) is 11.6. The number of aromatic nitrogens is 3. The number of fused-ring (bicyclic) bond motifs is 1. The van der Waals surface area contributed by atoms with Crippen LogP contribution < -0.4 is 5.32 Å². The lowest BCUT2D eigenvalue weighted by Gasteiger charge is -2.23. The summed E-state index contributed by atoms with van der Waals surface area (Å²) in [5, 5.41) is 3.15. The molecule has 0 aliphatic carbocycles. The topological polar surface area (TPSA) is 51.9 Å². The van der Waals surface area contributed by atoms with E-state index in [1.165, 1.54) is 0 Å². The van der Waals surface area contributed by atoms with E-state index in [9.17, 15) is 4.79 Å². The van der Waals surface area contributed by atoms with Crippen molar-refractivity contribution in [1.29, 1.82) is 0 Å². The van der Waals surface area contributed by atoms with Gasteiger partial charge in [-0.15, -0.1) is 0 Å². The molecule has 1 aromatic carbocycles. The molecule has 0 radical (unpaired) electrons. The second-order valence-electron chi connectivity index (χ2n) is 7.02. The SMILES string of the molecule is CC(C)C[C@H](C(=O)N[C@@H](C)c1nc2ccccc2n1C)n1cccc1. The van der Waals surface area contributed by atoms with Crippen molar-refractivity contribution in [2.24, 2.45) is 13.0 Å². The Balaban J connectivity index is 1.81. The van der Waals surface area contributed by atoms with Gasteiger partial charge in [-0.1, -0.05) is 26.0 Å². The van der Waals surface area contributed by atoms with Gasteiger partial charge in [0.25, 0.3) is 0 Å². The first-order valence-corrected chi connectivity index (χ1v) is 8.81. The normalized spacial score (nSPS) is 14.0. The molecule has 5 nitrogen and oxygen atoms in total. The van der Waals surface area contributed by atoms with Crippen molar-refractivity contribution in [3.63, 3.8) is 0 Å². The summed E-state index contributed by atoms with van der Waals surface area (Å²) in [6.07, 6.45) is 4.70. The number of amides is 1. The number of rotatable bonds is 6. The molecule has 0 aliphatic rings. The van der Waals surface area contributed by atoms with Crippen molar-refractivity contribution in [3.8, 4) is 0 Å². The Morgan fingerprint density at radius 2 is 1.80 bits per heavy atom. The number of carbonyl (C=O) groups excluding carboxylic acids is 1. The fraction of sp³-hybridized carbons (Fsp3) is 0.400. The number of hydrogen-bond donors (Lipinski definition) is 1. The molecule has 2 heterocycles. The van der Waals surface area contributed by atoms with Gasteiger partial charge in [0, 0.05) is 19.4 Å². The molecule has 5 heteroatoms. The second-order valence-corrected chi connectivity index (χ2v) is 7.02. The fourth-order valence-corrected chi connectivity index (χ4v) is 3.29. The van der Waals surface area contributed by atoms with Crippen molar-refractivity contribution in [2.75, 3.05) is 0 Å². The summed E-state index contributed by atoms with van der Waals surface area (Å²) in [5.74, 6) is 1.33. The summed E-state index contributed by atoms with van der Waals surface area (Å²) in [6.45, 7) is 6.26. The molecule has 1 N–H and O–H groups in total. The number of nitrogens with zero attached hydrogens (tertiary/aromatic N) is 3. The molecule has 25 heavy (non-hydrogen) atoms. The van der Waals surface area contributed by atoms with E-state index in [0.717, 1.165) is 23.3 Å². The second kappa shape index (κ2) is 7.13. The highest BCUT2D eigenvalue weighted by Gasteiger charge is 2.24.